The summed E-state index contributed by atoms with van der Waals surface area (Å²) in [6, 6.07) is 7.63. The number of rotatable bonds is 8. The van der Waals surface area contributed by atoms with Crippen LogP contribution in [0.4, 0.5) is 0 Å². The van der Waals surface area contributed by atoms with Crippen LogP contribution in [0.1, 0.15) is 38.2 Å². The number of methoxy groups -OCH3 is 1. The van der Waals surface area contributed by atoms with Crippen molar-refractivity contribution in [3.63, 3.8) is 0 Å². The SMILES string of the molecule is CCCCCC(Cc1ccccc1OC)C(=O)O. The van der Waals surface area contributed by atoms with E-state index in [1.54, 1.807) is 7.11 Å². The number of ether oxygens (including phenoxy) is 1. The van der Waals surface area contributed by atoms with Gasteiger partial charge < -0.3 is 9.84 Å². The lowest BCUT2D eigenvalue weighted by atomic mass is 9.93. The van der Waals surface area contributed by atoms with E-state index in [0.29, 0.717) is 6.42 Å². The molecule has 0 aliphatic carbocycles. The van der Waals surface area contributed by atoms with Crippen LogP contribution in [0.15, 0.2) is 24.3 Å². The van der Waals surface area contributed by atoms with Gasteiger partial charge in [-0.05, 0) is 24.5 Å². The van der Waals surface area contributed by atoms with Crippen molar-refractivity contribution < 1.29 is 14.6 Å². The molecule has 100 valence electrons. The average molecular weight is 250 g/mol. The van der Waals surface area contributed by atoms with Crippen LogP contribution in [0.25, 0.3) is 0 Å². The van der Waals surface area contributed by atoms with E-state index in [0.717, 1.165) is 37.0 Å². The maximum absolute atomic E-state index is 11.3. The number of benzene rings is 1. The Hall–Kier alpha value is -1.51. The summed E-state index contributed by atoms with van der Waals surface area (Å²) in [6.07, 6.45) is 4.46. The molecule has 1 rings (SSSR count). The van der Waals surface area contributed by atoms with Crippen LogP contribution in [0, 0.1) is 5.92 Å². The predicted octanol–water partition coefficient (Wildman–Crippen LogP) is 3.52. The van der Waals surface area contributed by atoms with Crippen LogP contribution < -0.4 is 4.74 Å². The average Bonchev–Trinajstić information content (AvgIpc) is 2.38. The quantitative estimate of drug-likeness (QED) is 0.718. The van der Waals surface area contributed by atoms with Gasteiger partial charge in [0.15, 0.2) is 0 Å². The minimum absolute atomic E-state index is 0.312. The molecule has 0 radical (unpaired) electrons. The fraction of sp³-hybridized carbons (Fsp3) is 0.533. The molecule has 0 spiro atoms. The number of unbranched alkanes of at least 4 members (excludes halogenated alkanes) is 2. The Morgan fingerprint density at radius 3 is 2.67 bits per heavy atom. The van der Waals surface area contributed by atoms with Crippen molar-refractivity contribution in [2.75, 3.05) is 7.11 Å². The summed E-state index contributed by atoms with van der Waals surface area (Å²) in [7, 11) is 1.62. The Balaban J connectivity index is 2.67. The Labute approximate surface area is 109 Å². The molecule has 1 aromatic rings. The lowest BCUT2D eigenvalue weighted by molar-refractivity contribution is -0.142. The van der Waals surface area contributed by atoms with E-state index in [2.05, 4.69) is 6.92 Å². The van der Waals surface area contributed by atoms with Gasteiger partial charge in [0.25, 0.3) is 0 Å². The topological polar surface area (TPSA) is 46.5 Å². The van der Waals surface area contributed by atoms with Gasteiger partial charge in [0.2, 0.25) is 0 Å². The van der Waals surface area contributed by atoms with Gasteiger partial charge in [-0.3, -0.25) is 4.79 Å². The molecule has 0 saturated carbocycles. The van der Waals surface area contributed by atoms with Crippen LogP contribution in [-0.4, -0.2) is 18.2 Å². The molecule has 0 fully saturated rings. The van der Waals surface area contributed by atoms with Gasteiger partial charge in [0, 0.05) is 0 Å². The number of hydrogen-bond acceptors (Lipinski definition) is 2. The molecule has 0 saturated heterocycles. The highest BCUT2D eigenvalue weighted by molar-refractivity contribution is 5.70. The Kier molecular flexibility index (Phi) is 6.26. The molecule has 1 atom stereocenters. The van der Waals surface area contributed by atoms with E-state index in [1.807, 2.05) is 24.3 Å². The van der Waals surface area contributed by atoms with Crippen LogP contribution in [0.2, 0.25) is 0 Å². The van der Waals surface area contributed by atoms with Gasteiger partial charge >= 0.3 is 5.97 Å². The van der Waals surface area contributed by atoms with Gasteiger partial charge in [-0.2, -0.15) is 0 Å². The third-order valence-corrected chi connectivity index (χ3v) is 3.16. The van der Waals surface area contributed by atoms with Gasteiger partial charge in [0.05, 0.1) is 13.0 Å². The highest BCUT2D eigenvalue weighted by atomic mass is 16.5. The largest absolute Gasteiger partial charge is 0.496 e. The highest BCUT2D eigenvalue weighted by Crippen LogP contribution is 2.23. The molecule has 0 aliphatic heterocycles. The lowest BCUT2D eigenvalue weighted by Gasteiger charge is -2.14. The van der Waals surface area contributed by atoms with Crippen LogP contribution in [0.3, 0.4) is 0 Å². The van der Waals surface area contributed by atoms with Crippen LogP contribution >= 0.6 is 0 Å². The first-order chi connectivity index (χ1) is 8.69. The van der Waals surface area contributed by atoms with E-state index in [1.165, 1.54) is 0 Å². The summed E-state index contributed by atoms with van der Waals surface area (Å²) in [4.78, 5) is 11.3. The first-order valence-corrected chi connectivity index (χ1v) is 6.53. The molecular weight excluding hydrogens is 228 g/mol. The van der Waals surface area contributed by atoms with E-state index >= 15 is 0 Å². The van der Waals surface area contributed by atoms with E-state index in [-0.39, 0.29) is 5.92 Å². The van der Waals surface area contributed by atoms with Crippen molar-refractivity contribution in [3.8, 4) is 5.75 Å². The van der Waals surface area contributed by atoms with E-state index < -0.39 is 5.97 Å². The minimum atomic E-state index is -0.711. The Morgan fingerprint density at radius 1 is 1.33 bits per heavy atom. The fourth-order valence-electron chi connectivity index (χ4n) is 2.09. The predicted molar refractivity (Wildman–Crippen MR) is 72.0 cm³/mol. The number of hydrogen-bond donors (Lipinski definition) is 1. The zero-order chi connectivity index (χ0) is 13.4. The second kappa shape index (κ2) is 7.75. The van der Waals surface area contributed by atoms with Crippen molar-refractivity contribution in [2.24, 2.45) is 5.92 Å². The zero-order valence-electron chi connectivity index (χ0n) is 11.2. The zero-order valence-corrected chi connectivity index (χ0v) is 11.2. The molecule has 0 amide bonds. The number of aliphatic carboxylic acids is 1. The number of carboxylic acids is 1. The Bertz CT molecular complexity index is 374. The fourth-order valence-corrected chi connectivity index (χ4v) is 2.09. The number of carbonyl (C=O) groups is 1. The first-order valence-electron chi connectivity index (χ1n) is 6.53. The molecule has 0 bridgehead atoms. The molecular formula is C15H22O3. The molecule has 1 aromatic carbocycles. The molecule has 0 heterocycles. The standard InChI is InChI=1S/C15H22O3/c1-3-4-5-9-13(15(16)17)11-12-8-6-7-10-14(12)18-2/h6-8,10,13H,3-5,9,11H2,1-2H3,(H,16,17). The molecule has 1 N–H and O–H groups in total. The summed E-state index contributed by atoms with van der Waals surface area (Å²) in [6.45, 7) is 2.12. The first kappa shape index (κ1) is 14.6. The maximum atomic E-state index is 11.3. The minimum Gasteiger partial charge on any atom is -0.496 e. The number of carboxylic acid groups (broad SMARTS) is 1. The second-order valence-corrected chi connectivity index (χ2v) is 4.55. The molecule has 3 heteroatoms. The summed E-state index contributed by atoms with van der Waals surface area (Å²) in [5.41, 5.74) is 0.976. The summed E-state index contributed by atoms with van der Waals surface area (Å²) >= 11 is 0. The van der Waals surface area contributed by atoms with Crippen molar-refractivity contribution >= 4 is 5.97 Å². The monoisotopic (exact) mass is 250 g/mol. The second-order valence-electron chi connectivity index (χ2n) is 4.55. The van der Waals surface area contributed by atoms with Crippen molar-refractivity contribution in [1.29, 1.82) is 0 Å². The van der Waals surface area contributed by atoms with Crippen molar-refractivity contribution in [1.82, 2.24) is 0 Å². The molecule has 0 aromatic heterocycles. The molecule has 3 nitrogen and oxygen atoms in total. The molecule has 18 heavy (non-hydrogen) atoms. The van der Waals surface area contributed by atoms with Gasteiger partial charge in [-0.1, -0.05) is 44.4 Å². The highest BCUT2D eigenvalue weighted by Gasteiger charge is 2.19. The van der Waals surface area contributed by atoms with Crippen LogP contribution in [0.5, 0.6) is 5.75 Å². The third kappa shape index (κ3) is 4.40. The van der Waals surface area contributed by atoms with E-state index in [4.69, 9.17) is 4.74 Å². The third-order valence-electron chi connectivity index (χ3n) is 3.16. The summed E-state index contributed by atoms with van der Waals surface area (Å²) in [5, 5.41) is 9.26. The van der Waals surface area contributed by atoms with Crippen LogP contribution in [-0.2, 0) is 11.2 Å². The maximum Gasteiger partial charge on any atom is 0.306 e. The van der Waals surface area contributed by atoms with Gasteiger partial charge in [-0.25, -0.2) is 0 Å². The number of para-hydroxylation sites is 1. The Morgan fingerprint density at radius 2 is 2.06 bits per heavy atom. The smallest absolute Gasteiger partial charge is 0.306 e. The molecule has 0 aliphatic rings. The van der Waals surface area contributed by atoms with Gasteiger partial charge in [0.1, 0.15) is 5.75 Å². The van der Waals surface area contributed by atoms with Gasteiger partial charge in [-0.15, -0.1) is 0 Å². The molecule has 1 unspecified atom stereocenters. The van der Waals surface area contributed by atoms with Crippen molar-refractivity contribution in [3.05, 3.63) is 29.8 Å². The van der Waals surface area contributed by atoms with Crippen molar-refractivity contribution in [2.45, 2.75) is 39.0 Å². The normalized spacial score (nSPS) is 12.1. The summed E-state index contributed by atoms with van der Waals surface area (Å²) < 4.78 is 5.26. The lowest BCUT2D eigenvalue weighted by Crippen LogP contribution is -2.16. The van der Waals surface area contributed by atoms with E-state index in [9.17, 15) is 9.90 Å². The summed E-state index contributed by atoms with van der Waals surface area (Å²) in [5.74, 6) is -0.246.